The van der Waals surface area contributed by atoms with Crippen molar-refractivity contribution in [1.82, 2.24) is 5.32 Å². The molecule has 0 atom stereocenters. The number of amides is 1. The van der Waals surface area contributed by atoms with E-state index >= 15 is 0 Å². The fourth-order valence-electron chi connectivity index (χ4n) is 1.95. The third-order valence-electron chi connectivity index (χ3n) is 3.36. The Kier molecular flexibility index (Phi) is 3.47. The van der Waals surface area contributed by atoms with E-state index in [0.29, 0.717) is 11.5 Å². The average molecular weight is 211 g/mol. The third-order valence-corrected chi connectivity index (χ3v) is 3.36. The molecule has 2 nitrogen and oxygen atoms in total. The summed E-state index contributed by atoms with van der Waals surface area (Å²) in [6.45, 7) is 10.5. The first kappa shape index (κ1) is 12.5. The lowest BCUT2D eigenvalue weighted by molar-refractivity contribution is -0.129. The van der Waals surface area contributed by atoms with Gasteiger partial charge in [-0.15, -0.1) is 0 Å². The molecule has 0 heterocycles. The smallest absolute Gasteiger partial charge is 0.225 e. The van der Waals surface area contributed by atoms with Crippen molar-refractivity contribution < 1.29 is 4.79 Å². The SMILES string of the molecule is CC1(C)CCC(NC(=O)C(C)(C)C)CC1. The molecule has 1 N–H and O–H groups in total. The number of carbonyl (C=O) groups excluding carboxylic acids is 1. The largest absolute Gasteiger partial charge is 0.353 e. The molecule has 2 heteroatoms. The predicted molar refractivity (Wildman–Crippen MR) is 63.6 cm³/mol. The highest BCUT2D eigenvalue weighted by atomic mass is 16.2. The van der Waals surface area contributed by atoms with Crippen molar-refractivity contribution in [1.29, 1.82) is 0 Å². The zero-order valence-corrected chi connectivity index (χ0v) is 10.8. The molecular formula is C13H25NO. The van der Waals surface area contributed by atoms with Crippen LogP contribution in [0.25, 0.3) is 0 Å². The van der Waals surface area contributed by atoms with Crippen LogP contribution in [-0.4, -0.2) is 11.9 Å². The quantitative estimate of drug-likeness (QED) is 0.709. The normalized spacial score (nSPS) is 22.5. The Bertz CT molecular complexity index is 227. The van der Waals surface area contributed by atoms with Gasteiger partial charge in [0.25, 0.3) is 0 Å². The van der Waals surface area contributed by atoms with Crippen molar-refractivity contribution in [3.8, 4) is 0 Å². The second-order valence-electron chi connectivity index (χ2n) is 6.66. The van der Waals surface area contributed by atoms with Gasteiger partial charge in [0.15, 0.2) is 0 Å². The number of hydrogen-bond donors (Lipinski definition) is 1. The molecule has 1 aliphatic carbocycles. The van der Waals surface area contributed by atoms with E-state index in [9.17, 15) is 4.79 Å². The van der Waals surface area contributed by atoms with Gasteiger partial charge in [-0.2, -0.15) is 0 Å². The maximum absolute atomic E-state index is 11.8. The fraction of sp³-hybridized carbons (Fsp3) is 0.923. The highest BCUT2D eigenvalue weighted by molar-refractivity contribution is 5.81. The zero-order valence-electron chi connectivity index (χ0n) is 10.8. The molecule has 1 rings (SSSR count). The van der Waals surface area contributed by atoms with Gasteiger partial charge in [0.1, 0.15) is 0 Å². The first-order chi connectivity index (χ1) is 6.71. The molecule has 1 saturated carbocycles. The van der Waals surface area contributed by atoms with E-state index in [4.69, 9.17) is 0 Å². The molecule has 0 aliphatic heterocycles. The van der Waals surface area contributed by atoms with Crippen LogP contribution in [0.5, 0.6) is 0 Å². The Balaban J connectivity index is 2.40. The van der Waals surface area contributed by atoms with Crippen LogP contribution in [0.3, 0.4) is 0 Å². The van der Waals surface area contributed by atoms with Gasteiger partial charge in [0.2, 0.25) is 5.91 Å². The van der Waals surface area contributed by atoms with Crippen LogP contribution >= 0.6 is 0 Å². The Morgan fingerprint density at radius 3 is 2.07 bits per heavy atom. The summed E-state index contributed by atoms with van der Waals surface area (Å²) in [5.41, 5.74) is 0.218. The lowest BCUT2D eigenvalue weighted by Crippen LogP contribution is -2.44. The second kappa shape index (κ2) is 4.15. The Hall–Kier alpha value is -0.530. The molecule has 0 bridgehead atoms. The molecule has 15 heavy (non-hydrogen) atoms. The summed E-state index contributed by atoms with van der Waals surface area (Å²) in [7, 11) is 0. The Morgan fingerprint density at radius 1 is 1.20 bits per heavy atom. The molecule has 1 amide bonds. The lowest BCUT2D eigenvalue weighted by Gasteiger charge is -2.35. The molecule has 1 aliphatic rings. The van der Waals surface area contributed by atoms with E-state index < -0.39 is 0 Å². The molecule has 0 radical (unpaired) electrons. The third kappa shape index (κ3) is 3.84. The summed E-state index contributed by atoms with van der Waals surface area (Å²) in [5, 5.41) is 3.16. The van der Waals surface area contributed by atoms with Gasteiger partial charge in [-0.1, -0.05) is 34.6 Å². The van der Waals surface area contributed by atoms with Crippen molar-refractivity contribution in [3.63, 3.8) is 0 Å². The minimum atomic E-state index is -0.257. The van der Waals surface area contributed by atoms with E-state index in [-0.39, 0.29) is 11.3 Å². The maximum Gasteiger partial charge on any atom is 0.225 e. The first-order valence-corrected chi connectivity index (χ1v) is 6.02. The van der Waals surface area contributed by atoms with E-state index in [1.807, 2.05) is 20.8 Å². The summed E-state index contributed by atoms with van der Waals surface area (Å²) < 4.78 is 0. The summed E-state index contributed by atoms with van der Waals surface area (Å²) in [6, 6.07) is 0.407. The van der Waals surface area contributed by atoms with Crippen LogP contribution in [-0.2, 0) is 4.79 Å². The van der Waals surface area contributed by atoms with Crippen molar-refractivity contribution in [2.75, 3.05) is 0 Å². The van der Waals surface area contributed by atoms with E-state index in [1.165, 1.54) is 12.8 Å². The maximum atomic E-state index is 11.8. The van der Waals surface area contributed by atoms with Crippen molar-refractivity contribution in [2.24, 2.45) is 10.8 Å². The van der Waals surface area contributed by atoms with Crippen LogP contribution < -0.4 is 5.32 Å². The summed E-state index contributed by atoms with van der Waals surface area (Å²) >= 11 is 0. The minimum Gasteiger partial charge on any atom is -0.353 e. The van der Waals surface area contributed by atoms with Crippen LogP contribution in [0, 0.1) is 10.8 Å². The van der Waals surface area contributed by atoms with E-state index in [0.717, 1.165) is 12.8 Å². The second-order valence-corrected chi connectivity index (χ2v) is 6.66. The summed E-state index contributed by atoms with van der Waals surface area (Å²) in [5.74, 6) is 0.187. The van der Waals surface area contributed by atoms with Gasteiger partial charge in [-0.25, -0.2) is 0 Å². The average Bonchev–Trinajstić information content (AvgIpc) is 2.07. The van der Waals surface area contributed by atoms with Crippen LogP contribution in [0.4, 0.5) is 0 Å². The molecule has 0 unspecified atom stereocenters. The van der Waals surface area contributed by atoms with Crippen molar-refractivity contribution >= 4 is 5.91 Å². The molecule has 0 aromatic rings. The fourth-order valence-corrected chi connectivity index (χ4v) is 1.95. The van der Waals surface area contributed by atoms with Gasteiger partial charge in [-0.05, 0) is 31.1 Å². The highest BCUT2D eigenvalue weighted by Gasteiger charge is 2.30. The standard InChI is InChI=1S/C13H25NO/c1-12(2,3)11(15)14-10-6-8-13(4,5)9-7-10/h10H,6-9H2,1-5H3,(H,14,15). The lowest BCUT2D eigenvalue weighted by atomic mass is 9.75. The molecule has 0 saturated heterocycles. The van der Waals surface area contributed by atoms with Crippen LogP contribution in [0.1, 0.15) is 60.3 Å². The van der Waals surface area contributed by atoms with Crippen LogP contribution in [0.15, 0.2) is 0 Å². The highest BCUT2D eigenvalue weighted by Crippen LogP contribution is 2.35. The summed E-state index contributed by atoms with van der Waals surface area (Å²) in [4.78, 5) is 11.8. The molecular weight excluding hydrogens is 186 g/mol. The Morgan fingerprint density at radius 2 is 1.67 bits per heavy atom. The Labute approximate surface area is 93.8 Å². The van der Waals surface area contributed by atoms with E-state index in [2.05, 4.69) is 19.2 Å². The van der Waals surface area contributed by atoms with Gasteiger partial charge in [0.05, 0.1) is 0 Å². The van der Waals surface area contributed by atoms with Gasteiger partial charge in [-0.3, -0.25) is 4.79 Å². The number of nitrogens with one attached hydrogen (secondary N) is 1. The van der Waals surface area contributed by atoms with Gasteiger partial charge < -0.3 is 5.32 Å². The number of hydrogen-bond acceptors (Lipinski definition) is 1. The molecule has 88 valence electrons. The van der Waals surface area contributed by atoms with Gasteiger partial charge >= 0.3 is 0 Å². The molecule has 0 aromatic heterocycles. The molecule has 1 fully saturated rings. The monoisotopic (exact) mass is 211 g/mol. The van der Waals surface area contributed by atoms with Crippen molar-refractivity contribution in [3.05, 3.63) is 0 Å². The predicted octanol–water partition coefficient (Wildman–Crippen LogP) is 3.12. The minimum absolute atomic E-state index is 0.187. The first-order valence-electron chi connectivity index (χ1n) is 6.02. The zero-order chi connectivity index (χ0) is 11.7. The number of carbonyl (C=O) groups is 1. The van der Waals surface area contributed by atoms with E-state index in [1.54, 1.807) is 0 Å². The van der Waals surface area contributed by atoms with Crippen molar-refractivity contribution in [2.45, 2.75) is 66.3 Å². The van der Waals surface area contributed by atoms with Gasteiger partial charge in [0, 0.05) is 11.5 Å². The van der Waals surface area contributed by atoms with Crippen LogP contribution in [0.2, 0.25) is 0 Å². The molecule has 0 aromatic carbocycles. The number of rotatable bonds is 1. The topological polar surface area (TPSA) is 29.1 Å². The molecule has 0 spiro atoms. The summed E-state index contributed by atoms with van der Waals surface area (Å²) in [6.07, 6.45) is 4.72.